The fourth-order valence-corrected chi connectivity index (χ4v) is 6.36. The van der Waals surface area contributed by atoms with Crippen LogP contribution in [0.3, 0.4) is 0 Å². The molecular weight excluding hydrogens is 701 g/mol. The molecule has 0 aliphatic heterocycles. The SMILES string of the molecule is CC/C=C\C/C=C\C/C=C\C/C=C\C/C=C\CC(=O)OC(COC(=O)CCCCCCCCCCCCCCCCCCCC)COP(=O)(O)OCCN. The lowest BCUT2D eigenvalue weighted by Gasteiger charge is -2.19. The zero-order chi connectivity index (χ0) is 39.6. The summed E-state index contributed by atoms with van der Waals surface area (Å²) in [5.74, 6) is -0.975. The van der Waals surface area contributed by atoms with Crippen LogP contribution in [-0.4, -0.2) is 49.3 Å². The molecule has 0 heterocycles. The van der Waals surface area contributed by atoms with Gasteiger partial charge in [0.1, 0.15) is 6.61 Å². The lowest BCUT2D eigenvalue weighted by Crippen LogP contribution is -2.29. The Morgan fingerprint density at radius 3 is 1.44 bits per heavy atom. The van der Waals surface area contributed by atoms with Gasteiger partial charge in [-0.25, -0.2) is 4.57 Å². The molecule has 2 atom stereocenters. The molecule has 0 aliphatic carbocycles. The third kappa shape index (κ3) is 39.4. The van der Waals surface area contributed by atoms with E-state index in [2.05, 4.69) is 56.4 Å². The van der Waals surface area contributed by atoms with Crippen LogP contribution in [0, 0.1) is 0 Å². The van der Waals surface area contributed by atoms with Gasteiger partial charge in [-0.15, -0.1) is 0 Å². The molecule has 2 unspecified atom stereocenters. The lowest BCUT2D eigenvalue weighted by molar-refractivity contribution is -0.160. The largest absolute Gasteiger partial charge is 0.472 e. The summed E-state index contributed by atoms with van der Waals surface area (Å²) < 4.78 is 32.6. The molecule has 0 bridgehead atoms. The number of unbranched alkanes of at least 4 members (excludes halogenated alkanes) is 17. The van der Waals surface area contributed by atoms with Gasteiger partial charge in [-0.3, -0.25) is 18.6 Å². The fraction of sp³-hybridized carbons (Fsp3) is 0.727. The van der Waals surface area contributed by atoms with E-state index in [0.717, 1.165) is 44.9 Å². The van der Waals surface area contributed by atoms with Crippen molar-refractivity contribution in [1.29, 1.82) is 0 Å². The van der Waals surface area contributed by atoms with Crippen LogP contribution in [0.2, 0.25) is 0 Å². The predicted molar refractivity (Wildman–Crippen MR) is 224 cm³/mol. The predicted octanol–water partition coefficient (Wildman–Crippen LogP) is 12.1. The average molecular weight is 780 g/mol. The Hall–Kier alpha value is -2.29. The molecule has 0 rings (SSSR count). The summed E-state index contributed by atoms with van der Waals surface area (Å²) in [5, 5.41) is 0. The van der Waals surface area contributed by atoms with E-state index in [-0.39, 0.29) is 32.6 Å². The summed E-state index contributed by atoms with van der Waals surface area (Å²) in [6, 6.07) is 0. The number of ether oxygens (including phenoxy) is 2. The van der Waals surface area contributed by atoms with Gasteiger partial charge in [0.15, 0.2) is 6.10 Å². The molecule has 0 spiro atoms. The van der Waals surface area contributed by atoms with Crippen LogP contribution in [-0.2, 0) is 32.7 Å². The summed E-state index contributed by atoms with van der Waals surface area (Å²) in [7, 11) is -4.40. The standard InChI is InChI=1S/C44H78NO8P/c1-3-5-7-9-11-13-15-17-19-20-21-23-24-26-28-30-32-34-36-43(46)50-40-42(41-52-54(48,49)51-39-38-45)53-44(47)37-35-33-31-29-27-25-22-18-16-14-12-10-8-6-4-2/h6,8,12,14,18,22,27,29,33,35,42H,3-5,7,9-11,13,15-17,19-21,23-26,28,30-32,34,36-41,45H2,1-2H3,(H,48,49)/b8-6-,14-12-,22-18-,29-27-,35-33-. The first-order chi connectivity index (χ1) is 26.3. The second-order valence-corrected chi connectivity index (χ2v) is 15.3. The summed E-state index contributed by atoms with van der Waals surface area (Å²) >= 11 is 0. The van der Waals surface area contributed by atoms with Gasteiger partial charge in [0.2, 0.25) is 0 Å². The smallest absolute Gasteiger partial charge is 0.462 e. The Bertz CT molecular complexity index is 1070. The Labute approximate surface area is 329 Å². The number of nitrogens with two attached hydrogens (primary N) is 1. The molecule has 0 aromatic rings. The number of rotatable bonds is 39. The van der Waals surface area contributed by atoms with Crippen LogP contribution in [0.5, 0.6) is 0 Å². The number of hydrogen-bond acceptors (Lipinski definition) is 8. The van der Waals surface area contributed by atoms with Crippen LogP contribution >= 0.6 is 7.82 Å². The average Bonchev–Trinajstić information content (AvgIpc) is 3.16. The molecule has 0 radical (unpaired) electrons. The molecule has 0 saturated carbocycles. The third-order valence-corrected chi connectivity index (χ3v) is 9.69. The molecule has 0 amide bonds. The van der Waals surface area contributed by atoms with E-state index < -0.39 is 32.5 Å². The zero-order valence-electron chi connectivity index (χ0n) is 34.2. The third-order valence-electron chi connectivity index (χ3n) is 8.70. The first-order valence-corrected chi connectivity index (χ1v) is 22.8. The van der Waals surface area contributed by atoms with E-state index in [9.17, 15) is 19.0 Å². The number of esters is 2. The van der Waals surface area contributed by atoms with E-state index in [1.54, 1.807) is 6.08 Å². The minimum atomic E-state index is -4.40. The maximum atomic E-state index is 12.5. The van der Waals surface area contributed by atoms with Gasteiger partial charge >= 0.3 is 19.8 Å². The van der Waals surface area contributed by atoms with Crippen molar-refractivity contribution in [2.24, 2.45) is 5.73 Å². The lowest BCUT2D eigenvalue weighted by atomic mass is 10.0. The van der Waals surface area contributed by atoms with Crippen molar-refractivity contribution in [1.82, 2.24) is 0 Å². The molecular formula is C44H78NO8P. The fourth-order valence-electron chi connectivity index (χ4n) is 5.59. The van der Waals surface area contributed by atoms with Gasteiger partial charge in [0.05, 0.1) is 19.6 Å². The maximum absolute atomic E-state index is 12.5. The Balaban J connectivity index is 4.25. The minimum Gasteiger partial charge on any atom is -0.462 e. The van der Waals surface area contributed by atoms with E-state index in [4.69, 9.17) is 24.3 Å². The van der Waals surface area contributed by atoms with Crippen molar-refractivity contribution in [3.63, 3.8) is 0 Å². The number of hydrogen-bond donors (Lipinski definition) is 2. The Morgan fingerprint density at radius 1 is 0.574 bits per heavy atom. The summed E-state index contributed by atoms with van der Waals surface area (Å²) in [6.45, 7) is 3.51. The normalized spacial score (nSPS) is 13.9. The summed E-state index contributed by atoms with van der Waals surface area (Å²) in [6.07, 6.45) is 47.1. The molecule has 0 aliphatic rings. The molecule has 10 heteroatoms. The summed E-state index contributed by atoms with van der Waals surface area (Å²) in [5.41, 5.74) is 5.33. The molecule has 0 fully saturated rings. The van der Waals surface area contributed by atoms with Crippen molar-refractivity contribution in [2.75, 3.05) is 26.4 Å². The quantitative estimate of drug-likeness (QED) is 0.0270. The minimum absolute atomic E-state index is 0.00225. The van der Waals surface area contributed by atoms with Crippen molar-refractivity contribution in [3.05, 3.63) is 60.8 Å². The zero-order valence-corrected chi connectivity index (χ0v) is 35.1. The molecule has 0 saturated heterocycles. The van der Waals surface area contributed by atoms with Gasteiger partial charge in [-0.2, -0.15) is 0 Å². The number of phosphoric ester groups is 1. The number of phosphoric acid groups is 1. The summed E-state index contributed by atoms with van der Waals surface area (Å²) in [4.78, 5) is 34.8. The first-order valence-electron chi connectivity index (χ1n) is 21.3. The Kier molecular flexibility index (Phi) is 38.7. The van der Waals surface area contributed by atoms with Crippen molar-refractivity contribution in [3.8, 4) is 0 Å². The highest BCUT2D eigenvalue weighted by Gasteiger charge is 2.25. The highest BCUT2D eigenvalue weighted by molar-refractivity contribution is 7.47. The van der Waals surface area contributed by atoms with E-state index in [1.165, 1.54) is 96.3 Å². The number of carbonyl (C=O) groups is 2. The second-order valence-electron chi connectivity index (χ2n) is 13.9. The van der Waals surface area contributed by atoms with Crippen molar-refractivity contribution in [2.45, 2.75) is 180 Å². The van der Waals surface area contributed by atoms with Gasteiger partial charge in [-0.1, -0.05) is 184 Å². The Morgan fingerprint density at radius 2 is 1.00 bits per heavy atom. The van der Waals surface area contributed by atoms with Gasteiger partial charge in [0, 0.05) is 13.0 Å². The molecule has 3 N–H and O–H groups in total. The first kappa shape index (κ1) is 51.7. The van der Waals surface area contributed by atoms with Gasteiger partial charge in [0.25, 0.3) is 0 Å². The van der Waals surface area contributed by atoms with Crippen LogP contribution in [0.25, 0.3) is 0 Å². The highest BCUT2D eigenvalue weighted by Crippen LogP contribution is 2.43. The topological polar surface area (TPSA) is 134 Å². The van der Waals surface area contributed by atoms with Crippen LogP contribution in [0.1, 0.15) is 174 Å². The van der Waals surface area contributed by atoms with Crippen LogP contribution < -0.4 is 5.73 Å². The molecule has 9 nitrogen and oxygen atoms in total. The molecule has 0 aromatic heterocycles. The van der Waals surface area contributed by atoms with E-state index >= 15 is 0 Å². The maximum Gasteiger partial charge on any atom is 0.472 e. The van der Waals surface area contributed by atoms with Gasteiger partial charge < -0.3 is 20.1 Å². The monoisotopic (exact) mass is 780 g/mol. The van der Waals surface area contributed by atoms with Gasteiger partial charge in [-0.05, 0) is 38.5 Å². The van der Waals surface area contributed by atoms with E-state index in [1.807, 2.05) is 12.2 Å². The highest BCUT2D eigenvalue weighted by atomic mass is 31.2. The number of carbonyl (C=O) groups excluding carboxylic acids is 2. The molecule has 54 heavy (non-hydrogen) atoms. The van der Waals surface area contributed by atoms with E-state index in [0.29, 0.717) is 6.42 Å². The van der Waals surface area contributed by atoms with Crippen LogP contribution in [0.15, 0.2) is 60.8 Å². The van der Waals surface area contributed by atoms with Crippen molar-refractivity contribution < 1.29 is 37.6 Å². The van der Waals surface area contributed by atoms with Crippen molar-refractivity contribution >= 4 is 19.8 Å². The number of allylic oxidation sites excluding steroid dienone is 9. The second kappa shape index (κ2) is 40.4. The molecule has 0 aromatic carbocycles. The van der Waals surface area contributed by atoms with Crippen LogP contribution in [0.4, 0.5) is 0 Å². The molecule has 312 valence electrons.